The largest absolute Gasteiger partial charge is 0.450 e. The number of carbonyl (C=O) groups is 1. The van der Waals surface area contributed by atoms with E-state index in [2.05, 4.69) is 20.8 Å². The number of methoxy groups -OCH3 is 2. The molecule has 0 radical (unpaired) electrons. The van der Waals surface area contributed by atoms with E-state index < -0.39 is 11.7 Å². The number of rotatable bonds is 13. The lowest BCUT2D eigenvalue weighted by Gasteiger charge is -2.27. The molecule has 5 N–H and O–H groups in total. The molecule has 0 spiro atoms. The monoisotopic (exact) mass is 459 g/mol. The average molecular weight is 460 g/mol. The first kappa shape index (κ1) is 26.3. The molecule has 0 aliphatic heterocycles. The molecule has 0 aliphatic rings. The predicted molar refractivity (Wildman–Crippen MR) is 125 cm³/mol. The first-order valence-electron chi connectivity index (χ1n) is 10.5. The van der Waals surface area contributed by atoms with E-state index in [1.165, 1.54) is 19.8 Å². The van der Waals surface area contributed by atoms with Crippen molar-refractivity contribution < 1.29 is 24.6 Å². The van der Waals surface area contributed by atoms with Crippen LogP contribution >= 0.6 is 0 Å². The highest BCUT2D eigenvalue weighted by molar-refractivity contribution is 6.03. The molecular formula is C22H33N7O4. The van der Waals surface area contributed by atoms with Gasteiger partial charge in [0.2, 0.25) is 5.79 Å². The van der Waals surface area contributed by atoms with Crippen LogP contribution in [0.15, 0.2) is 53.7 Å². The molecule has 0 fully saturated rings. The van der Waals surface area contributed by atoms with Gasteiger partial charge in [-0.05, 0) is 19.2 Å². The average Bonchev–Trinajstić information content (AvgIpc) is 2.85. The van der Waals surface area contributed by atoms with E-state index in [1.807, 2.05) is 30.3 Å². The molecule has 2 aromatic rings. The third-order valence-electron chi connectivity index (χ3n) is 5.11. The van der Waals surface area contributed by atoms with E-state index >= 15 is 0 Å². The number of ether oxygens (including phenoxy) is 2. The van der Waals surface area contributed by atoms with E-state index in [9.17, 15) is 4.79 Å². The minimum absolute atomic E-state index is 0.0816. The fraction of sp³-hybridized carbons (Fsp3) is 0.409. The molecule has 1 aromatic heterocycles. The Hall–Kier alpha value is -2.93. The number of benzene rings is 1. The molecule has 0 aliphatic carbocycles. The van der Waals surface area contributed by atoms with E-state index in [4.69, 9.17) is 20.2 Å². The molecular weight excluding hydrogens is 426 g/mol. The van der Waals surface area contributed by atoms with Gasteiger partial charge in [0.15, 0.2) is 12.8 Å². The first-order chi connectivity index (χ1) is 15.9. The van der Waals surface area contributed by atoms with Gasteiger partial charge in [-0.3, -0.25) is 10.1 Å². The van der Waals surface area contributed by atoms with Crippen molar-refractivity contribution in [3.63, 3.8) is 0 Å². The van der Waals surface area contributed by atoms with E-state index in [-0.39, 0.29) is 12.8 Å². The van der Waals surface area contributed by atoms with Gasteiger partial charge in [0.1, 0.15) is 11.5 Å². The summed E-state index contributed by atoms with van der Waals surface area (Å²) in [7, 11) is 6.39. The number of anilines is 1. The summed E-state index contributed by atoms with van der Waals surface area (Å²) in [4.78, 5) is 22.7. The number of carbonyl (C=O) groups excluding carboxylic acids is 1. The number of pyridine rings is 1. The van der Waals surface area contributed by atoms with Crippen molar-refractivity contribution in [2.24, 2.45) is 5.16 Å². The van der Waals surface area contributed by atoms with Gasteiger partial charge < -0.3 is 31.0 Å². The highest BCUT2D eigenvalue weighted by Crippen LogP contribution is 2.19. The lowest BCUT2D eigenvalue weighted by Crippen LogP contribution is -2.89. The highest BCUT2D eigenvalue weighted by atomic mass is 16.7. The summed E-state index contributed by atoms with van der Waals surface area (Å²) in [5.41, 5.74) is 3.25. The van der Waals surface area contributed by atoms with Crippen LogP contribution in [0.5, 0.6) is 0 Å². The molecule has 0 saturated carbocycles. The Morgan fingerprint density at radius 2 is 1.91 bits per heavy atom. The maximum atomic E-state index is 12.6. The Labute approximate surface area is 194 Å². The maximum Gasteiger partial charge on any atom is 0.285 e. The minimum Gasteiger partial charge on any atom is -0.450 e. The molecule has 33 heavy (non-hydrogen) atoms. The van der Waals surface area contributed by atoms with Crippen molar-refractivity contribution in [2.45, 2.75) is 31.9 Å². The van der Waals surface area contributed by atoms with Gasteiger partial charge in [-0.25, -0.2) is 4.98 Å². The molecule has 11 heteroatoms. The highest BCUT2D eigenvalue weighted by Gasteiger charge is 2.37. The lowest BCUT2D eigenvalue weighted by atomic mass is 10.1. The molecule has 180 valence electrons. The van der Waals surface area contributed by atoms with Gasteiger partial charge in [0.25, 0.3) is 5.91 Å². The van der Waals surface area contributed by atoms with E-state index in [0.29, 0.717) is 23.6 Å². The number of nitrogens with zero attached hydrogens (tertiary/aromatic N) is 3. The smallest absolute Gasteiger partial charge is 0.285 e. The summed E-state index contributed by atoms with van der Waals surface area (Å²) < 4.78 is 10.5. The molecule has 0 bridgehead atoms. The van der Waals surface area contributed by atoms with Crippen molar-refractivity contribution in [1.29, 1.82) is 0 Å². The third-order valence-corrected chi connectivity index (χ3v) is 5.11. The Morgan fingerprint density at radius 1 is 1.21 bits per heavy atom. The SMILES string of the molecule is CCC(OC)(OC)C(=O)Nc1cccc(CO/N=C(/c2ccccc2)C(NC)N(C)[NH2+][NH-])n1. The zero-order valence-corrected chi connectivity index (χ0v) is 19.7. The number of hydrogen-bond donors (Lipinski definition) is 3. The second kappa shape index (κ2) is 12.9. The van der Waals surface area contributed by atoms with E-state index in [1.54, 1.807) is 44.2 Å². The quantitative estimate of drug-likeness (QED) is 0.177. The van der Waals surface area contributed by atoms with Crippen molar-refractivity contribution in [3.8, 4) is 0 Å². The number of likely N-dealkylation sites (N-methyl/N-ethyl adjacent to an activating group) is 2. The molecule has 1 aromatic carbocycles. The molecule has 2 rings (SSSR count). The summed E-state index contributed by atoms with van der Waals surface area (Å²) in [6.45, 7) is 1.87. The predicted octanol–water partition coefficient (Wildman–Crippen LogP) is 1.26. The van der Waals surface area contributed by atoms with Crippen molar-refractivity contribution >= 4 is 17.4 Å². The molecule has 1 atom stereocenters. The van der Waals surface area contributed by atoms with Crippen LogP contribution in [0.4, 0.5) is 5.82 Å². The Morgan fingerprint density at radius 3 is 2.48 bits per heavy atom. The lowest BCUT2D eigenvalue weighted by molar-refractivity contribution is -0.752. The summed E-state index contributed by atoms with van der Waals surface area (Å²) in [6.07, 6.45) is -0.0312. The van der Waals surface area contributed by atoms with Crippen molar-refractivity contribution in [2.75, 3.05) is 33.6 Å². The van der Waals surface area contributed by atoms with Crippen LogP contribution in [0.3, 0.4) is 0 Å². The Balaban J connectivity index is 2.17. The van der Waals surface area contributed by atoms with Crippen LogP contribution in [0, 0.1) is 0 Å². The number of hydrogen-bond acceptors (Lipinski definition) is 8. The zero-order chi connectivity index (χ0) is 24.3. The summed E-state index contributed by atoms with van der Waals surface area (Å²) >= 11 is 0. The van der Waals surface area contributed by atoms with Gasteiger partial charge in [-0.15, -0.1) is 5.01 Å². The fourth-order valence-corrected chi connectivity index (χ4v) is 3.20. The summed E-state index contributed by atoms with van der Waals surface area (Å²) in [5.74, 6) is 6.09. The van der Waals surface area contributed by atoms with Gasteiger partial charge in [0, 0.05) is 33.3 Å². The van der Waals surface area contributed by atoms with Crippen molar-refractivity contribution in [1.82, 2.24) is 15.3 Å². The topological polar surface area (TPSA) is 138 Å². The number of oxime groups is 1. The molecule has 1 unspecified atom stereocenters. The number of amides is 1. The van der Waals surface area contributed by atoms with Crippen LogP contribution in [-0.4, -0.2) is 61.9 Å². The second-order valence-electron chi connectivity index (χ2n) is 7.08. The summed E-state index contributed by atoms with van der Waals surface area (Å²) in [5, 5.41) is 11.9. The van der Waals surface area contributed by atoms with Crippen LogP contribution in [-0.2, 0) is 25.7 Å². The normalized spacial score (nSPS) is 13.1. The second-order valence-corrected chi connectivity index (χ2v) is 7.08. The van der Waals surface area contributed by atoms with E-state index in [0.717, 1.165) is 5.56 Å². The van der Waals surface area contributed by atoms with Gasteiger partial charge >= 0.3 is 0 Å². The van der Waals surface area contributed by atoms with Crippen molar-refractivity contribution in [3.05, 3.63) is 65.6 Å². The molecule has 1 amide bonds. The third kappa shape index (κ3) is 6.78. The zero-order valence-electron chi connectivity index (χ0n) is 19.7. The number of aromatic nitrogens is 1. The van der Waals surface area contributed by atoms with Gasteiger partial charge in [-0.1, -0.05) is 48.5 Å². The van der Waals surface area contributed by atoms with Crippen LogP contribution in [0.25, 0.3) is 5.84 Å². The van der Waals surface area contributed by atoms with Gasteiger partial charge in [0.05, 0.1) is 5.69 Å². The molecule has 11 nitrogen and oxygen atoms in total. The van der Waals surface area contributed by atoms with Crippen LogP contribution in [0.2, 0.25) is 0 Å². The summed E-state index contributed by atoms with van der Waals surface area (Å²) in [6, 6.07) is 14.8. The maximum absolute atomic E-state index is 12.6. The number of quaternary nitrogens is 1. The number of nitrogens with one attached hydrogen (secondary N) is 3. The Bertz CT molecular complexity index is 898. The van der Waals surface area contributed by atoms with Crippen LogP contribution in [0.1, 0.15) is 24.6 Å². The van der Waals surface area contributed by atoms with Crippen LogP contribution < -0.4 is 16.2 Å². The first-order valence-corrected chi connectivity index (χ1v) is 10.5. The Kier molecular flexibility index (Phi) is 10.3. The number of nitrogens with two attached hydrogens (primary N) is 1. The minimum atomic E-state index is -1.38. The standard InChI is InChI=1S/C22H33N7O4/c1-6-22(31-4,32-5)21(30)26-18-14-10-13-17(25-18)15-33-27-19(16-11-8-7-9-12-16)20(24-2)29(3)28-23/h7-14,20,23-24H,6,15,28H2,1-5H3,(H,25,26,30)/b27-19-. The molecule has 1 heterocycles. The fourth-order valence-electron chi connectivity index (χ4n) is 3.20. The van der Waals surface area contributed by atoms with Gasteiger partial charge in [-0.2, -0.15) is 0 Å². The molecule has 0 saturated heterocycles.